The number of hydrogen-bond donors (Lipinski definition) is 1. The van der Waals surface area contributed by atoms with Gasteiger partial charge in [0.05, 0.1) is 13.7 Å². The number of carbonyl (C=O) groups excluding carboxylic acids is 1. The Labute approximate surface area is 163 Å². The molecule has 146 valence electrons. The zero-order valence-corrected chi connectivity index (χ0v) is 16.0. The van der Waals surface area contributed by atoms with Crippen LogP contribution in [0.25, 0.3) is 11.5 Å². The fraction of sp³-hybridized carbons (Fsp3) is 0.286. The lowest BCUT2D eigenvalue weighted by Gasteiger charge is -2.06. The standard InChI is InChI=1S/C21H23N3O4/c1-3-4-5-14-27-18-12-6-15(7-13-18)19(25)22-21-24-23-20(28-21)16-8-10-17(26-2)11-9-16/h6-13H,3-5,14H2,1-2H3,(H,22,24,25). The molecule has 3 rings (SSSR count). The largest absolute Gasteiger partial charge is 0.497 e. The highest BCUT2D eigenvalue weighted by atomic mass is 16.5. The molecular formula is C21H23N3O4. The van der Waals surface area contributed by atoms with Crippen LogP contribution in [0.5, 0.6) is 11.5 Å². The quantitative estimate of drug-likeness (QED) is 0.547. The van der Waals surface area contributed by atoms with Crippen molar-refractivity contribution in [1.29, 1.82) is 0 Å². The SMILES string of the molecule is CCCCCOc1ccc(C(=O)Nc2nnc(-c3ccc(OC)cc3)o2)cc1. The second-order valence-corrected chi connectivity index (χ2v) is 6.17. The average molecular weight is 381 g/mol. The summed E-state index contributed by atoms with van der Waals surface area (Å²) in [6.45, 7) is 2.83. The molecule has 1 heterocycles. The minimum absolute atomic E-state index is 0.0377. The Kier molecular flexibility index (Phi) is 6.62. The van der Waals surface area contributed by atoms with E-state index >= 15 is 0 Å². The molecule has 1 amide bonds. The number of anilines is 1. The first kappa shape index (κ1) is 19.4. The highest BCUT2D eigenvalue weighted by molar-refractivity contribution is 6.03. The zero-order valence-electron chi connectivity index (χ0n) is 16.0. The Bertz CT molecular complexity index is 889. The van der Waals surface area contributed by atoms with E-state index in [0.29, 0.717) is 18.1 Å². The molecule has 3 aromatic rings. The summed E-state index contributed by atoms with van der Waals surface area (Å²) in [5.41, 5.74) is 1.21. The third-order valence-electron chi connectivity index (χ3n) is 4.12. The van der Waals surface area contributed by atoms with Gasteiger partial charge < -0.3 is 13.9 Å². The molecule has 0 atom stereocenters. The van der Waals surface area contributed by atoms with Crippen LogP contribution >= 0.6 is 0 Å². The Morgan fingerprint density at radius 1 is 1.00 bits per heavy atom. The summed E-state index contributed by atoms with van der Waals surface area (Å²) in [6.07, 6.45) is 3.31. The van der Waals surface area contributed by atoms with Crippen molar-refractivity contribution in [2.24, 2.45) is 0 Å². The van der Waals surface area contributed by atoms with E-state index in [0.717, 1.165) is 36.3 Å². The van der Waals surface area contributed by atoms with Gasteiger partial charge in [0.1, 0.15) is 11.5 Å². The number of aromatic nitrogens is 2. The van der Waals surface area contributed by atoms with E-state index in [1.807, 2.05) is 0 Å². The molecule has 7 heteroatoms. The Balaban J connectivity index is 1.58. The van der Waals surface area contributed by atoms with Crippen LogP contribution in [-0.2, 0) is 0 Å². The third-order valence-corrected chi connectivity index (χ3v) is 4.12. The maximum atomic E-state index is 12.4. The number of nitrogens with one attached hydrogen (secondary N) is 1. The molecule has 0 unspecified atom stereocenters. The van der Waals surface area contributed by atoms with Crippen molar-refractivity contribution < 1.29 is 18.7 Å². The van der Waals surface area contributed by atoms with Crippen LogP contribution in [0.1, 0.15) is 36.5 Å². The number of carbonyl (C=O) groups is 1. The summed E-state index contributed by atoms with van der Waals surface area (Å²) in [5.74, 6) is 1.46. The highest BCUT2D eigenvalue weighted by Crippen LogP contribution is 2.23. The monoisotopic (exact) mass is 381 g/mol. The molecule has 0 radical (unpaired) electrons. The van der Waals surface area contributed by atoms with Gasteiger partial charge in [-0.05, 0) is 55.0 Å². The second-order valence-electron chi connectivity index (χ2n) is 6.17. The molecule has 0 saturated heterocycles. The lowest BCUT2D eigenvalue weighted by atomic mass is 10.2. The van der Waals surface area contributed by atoms with E-state index in [-0.39, 0.29) is 11.9 Å². The number of rotatable bonds is 9. The first-order valence-electron chi connectivity index (χ1n) is 9.21. The van der Waals surface area contributed by atoms with Crippen molar-refractivity contribution in [3.05, 3.63) is 54.1 Å². The molecule has 0 spiro atoms. The maximum absolute atomic E-state index is 12.4. The number of nitrogens with zero attached hydrogens (tertiary/aromatic N) is 2. The number of unbranched alkanes of at least 4 members (excludes halogenated alkanes) is 2. The maximum Gasteiger partial charge on any atom is 0.322 e. The minimum Gasteiger partial charge on any atom is -0.497 e. The van der Waals surface area contributed by atoms with E-state index in [1.165, 1.54) is 0 Å². The third kappa shape index (κ3) is 5.09. The van der Waals surface area contributed by atoms with Gasteiger partial charge in [-0.2, -0.15) is 0 Å². The Hall–Kier alpha value is -3.35. The Morgan fingerprint density at radius 3 is 2.39 bits per heavy atom. The topological polar surface area (TPSA) is 86.5 Å². The molecule has 0 fully saturated rings. The van der Waals surface area contributed by atoms with Crippen LogP contribution in [0.2, 0.25) is 0 Å². The van der Waals surface area contributed by atoms with Gasteiger partial charge in [-0.25, -0.2) is 0 Å². The number of methoxy groups -OCH3 is 1. The van der Waals surface area contributed by atoms with Crippen LogP contribution in [0, 0.1) is 0 Å². The predicted octanol–water partition coefficient (Wildman–Crippen LogP) is 4.57. The molecule has 7 nitrogen and oxygen atoms in total. The summed E-state index contributed by atoms with van der Waals surface area (Å²) in [5, 5.41) is 10.4. The molecule has 0 bridgehead atoms. The van der Waals surface area contributed by atoms with Crippen molar-refractivity contribution in [1.82, 2.24) is 10.2 Å². The predicted molar refractivity (Wildman–Crippen MR) is 106 cm³/mol. The minimum atomic E-state index is -0.331. The van der Waals surface area contributed by atoms with Gasteiger partial charge in [0.15, 0.2) is 0 Å². The number of benzene rings is 2. The lowest BCUT2D eigenvalue weighted by molar-refractivity contribution is 0.102. The fourth-order valence-corrected chi connectivity index (χ4v) is 2.54. The molecule has 2 aromatic carbocycles. The number of amides is 1. The van der Waals surface area contributed by atoms with Crippen molar-refractivity contribution in [2.45, 2.75) is 26.2 Å². The molecule has 0 aliphatic rings. The van der Waals surface area contributed by atoms with Crippen LogP contribution in [0.3, 0.4) is 0 Å². The highest BCUT2D eigenvalue weighted by Gasteiger charge is 2.13. The molecule has 1 aromatic heterocycles. The lowest BCUT2D eigenvalue weighted by Crippen LogP contribution is -2.12. The molecular weight excluding hydrogens is 358 g/mol. The summed E-state index contributed by atoms with van der Waals surface area (Å²) in [4.78, 5) is 12.4. The summed E-state index contributed by atoms with van der Waals surface area (Å²) >= 11 is 0. The first-order chi connectivity index (χ1) is 13.7. The van der Waals surface area contributed by atoms with Crippen LogP contribution in [0.15, 0.2) is 52.9 Å². The van der Waals surface area contributed by atoms with E-state index < -0.39 is 0 Å². The zero-order chi connectivity index (χ0) is 19.8. The number of ether oxygens (including phenoxy) is 2. The van der Waals surface area contributed by atoms with Gasteiger partial charge in [-0.1, -0.05) is 24.9 Å². The fourth-order valence-electron chi connectivity index (χ4n) is 2.54. The van der Waals surface area contributed by atoms with Crippen LogP contribution in [-0.4, -0.2) is 29.8 Å². The first-order valence-corrected chi connectivity index (χ1v) is 9.21. The Morgan fingerprint density at radius 2 is 1.71 bits per heavy atom. The van der Waals surface area contributed by atoms with E-state index in [9.17, 15) is 4.79 Å². The van der Waals surface area contributed by atoms with Gasteiger partial charge in [-0.15, -0.1) is 5.10 Å². The van der Waals surface area contributed by atoms with E-state index in [1.54, 1.807) is 55.6 Å². The molecule has 0 saturated carbocycles. The molecule has 0 aliphatic carbocycles. The molecule has 0 aliphatic heterocycles. The van der Waals surface area contributed by atoms with Crippen LogP contribution < -0.4 is 14.8 Å². The van der Waals surface area contributed by atoms with Gasteiger partial charge in [-0.3, -0.25) is 10.1 Å². The molecule has 1 N–H and O–H groups in total. The van der Waals surface area contributed by atoms with Gasteiger partial charge in [0, 0.05) is 11.1 Å². The van der Waals surface area contributed by atoms with Crippen molar-refractivity contribution in [2.75, 3.05) is 19.0 Å². The van der Waals surface area contributed by atoms with Crippen molar-refractivity contribution in [3.63, 3.8) is 0 Å². The normalized spacial score (nSPS) is 10.5. The van der Waals surface area contributed by atoms with Crippen molar-refractivity contribution in [3.8, 4) is 23.0 Å². The summed E-state index contributed by atoms with van der Waals surface area (Å²) in [6, 6.07) is 14.2. The van der Waals surface area contributed by atoms with Crippen LogP contribution in [0.4, 0.5) is 6.01 Å². The van der Waals surface area contributed by atoms with E-state index in [4.69, 9.17) is 13.9 Å². The average Bonchev–Trinajstić information content (AvgIpc) is 3.20. The summed E-state index contributed by atoms with van der Waals surface area (Å²) in [7, 11) is 1.60. The number of hydrogen-bond acceptors (Lipinski definition) is 6. The van der Waals surface area contributed by atoms with Gasteiger partial charge >= 0.3 is 6.01 Å². The van der Waals surface area contributed by atoms with Gasteiger partial charge in [0.2, 0.25) is 5.89 Å². The van der Waals surface area contributed by atoms with Gasteiger partial charge in [0.25, 0.3) is 5.91 Å². The smallest absolute Gasteiger partial charge is 0.322 e. The van der Waals surface area contributed by atoms with E-state index in [2.05, 4.69) is 22.4 Å². The van der Waals surface area contributed by atoms with Crippen molar-refractivity contribution >= 4 is 11.9 Å². The molecule has 28 heavy (non-hydrogen) atoms. The second kappa shape index (κ2) is 9.55. The summed E-state index contributed by atoms with van der Waals surface area (Å²) < 4.78 is 16.3.